The molecule has 2 atom stereocenters. The molecule has 30 heavy (non-hydrogen) atoms. The summed E-state index contributed by atoms with van der Waals surface area (Å²) in [5.41, 5.74) is 3.37. The number of nitrogens with one attached hydrogen (secondary N) is 1. The Morgan fingerprint density at radius 3 is 2.80 bits per heavy atom. The third-order valence-corrected chi connectivity index (χ3v) is 5.89. The molecule has 0 spiro atoms. The van der Waals surface area contributed by atoms with Crippen molar-refractivity contribution in [1.29, 1.82) is 0 Å². The number of anilines is 1. The Morgan fingerprint density at radius 2 is 2.00 bits per heavy atom. The highest BCUT2D eigenvalue weighted by Gasteiger charge is 2.27. The van der Waals surface area contributed by atoms with Gasteiger partial charge in [-0.15, -0.1) is 0 Å². The fourth-order valence-corrected chi connectivity index (χ4v) is 4.32. The van der Waals surface area contributed by atoms with Gasteiger partial charge in [0.1, 0.15) is 6.10 Å². The van der Waals surface area contributed by atoms with Crippen LogP contribution in [0.4, 0.5) is 5.69 Å². The molecule has 2 aliphatic rings. The summed E-state index contributed by atoms with van der Waals surface area (Å²) in [7, 11) is 3.84. The Morgan fingerprint density at radius 1 is 1.17 bits per heavy atom. The van der Waals surface area contributed by atoms with Crippen molar-refractivity contribution < 1.29 is 14.3 Å². The van der Waals surface area contributed by atoms with Gasteiger partial charge < -0.3 is 19.7 Å². The summed E-state index contributed by atoms with van der Waals surface area (Å²) in [6, 6.07) is 13.7. The van der Waals surface area contributed by atoms with Crippen LogP contribution in [-0.2, 0) is 17.8 Å². The van der Waals surface area contributed by atoms with E-state index in [1.807, 2.05) is 42.5 Å². The summed E-state index contributed by atoms with van der Waals surface area (Å²) >= 11 is 0. The predicted octanol–water partition coefficient (Wildman–Crippen LogP) is 4.43. The lowest BCUT2D eigenvalue weighted by atomic mass is 9.92. The number of amides is 1. The van der Waals surface area contributed by atoms with Crippen molar-refractivity contribution in [2.75, 3.05) is 26.0 Å². The number of methoxy groups -OCH3 is 1. The maximum atomic E-state index is 12.8. The molecule has 1 aliphatic heterocycles. The first-order valence-electron chi connectivity index (χ1n) is 10.7. The van der Waals surface area contributed by atoms with Crippen LogP contribution in [-0.4, -0.2) is 37.6 Å². The largest absolute Gasteiger partial charge is 0.493 e. The van der Waals surface area contributed by atoms with Crippen molar-refractivity contribution in [3.8, 4) is 11.5 Å². The van der Waals surface area contributed by atoms with E-state index in [1.54, 1.807) is 7.11 Å². The number of hydrogen-bond acceptors (Lipinski definition) is 4. The van der Waals surface area contributed by atoms with Crippen molar-refractivity contribution >= 4 is 11.6 Å². The molecule has 0 saturated heterocycles. The van der Waals surface area contributed by atoms with Crippen LogP contribution >= 0.6 is 0 Å². The number of fused-ring (bicyclic) bond motifs is 1. The van der Waals surface area contributed by atoms with Crippen LogP contribution in [0.5, 0.6) is 11.5 Å². The minimum absolute atomic E-state index is 0.00577. The lowest BCUT2D eigenvalue weighted by molar-refractivity contribution is -0.119. The highest BCUT2D eigenvalue weighted by atomic mass is 16.5. The van der Waals surface area contributed by atoms with E-state index in [9.17, 15) is 4.79 Å². The highest BCUT2D eigenvalue weighted by Crippen LogP contribution is 2.38. The third-order valence-electron chi connectivity index (χ3n) is 5.89. The summed E-state index contributed by atoms with van der Waals surface area (Å²) in [6.45, 7) is 1.99. The van der Waals surface area contributed by atoms with Crippen LogP contribution in [0.2, 0.25) is 0 Å². The molecule has 0 saturated carbocycles. The summed E-state index contributed by atoms with van der Waals surface area (Å²) in [5.74, 6) is 1.43. The molecule has 158 valence electrons. The molecule has 0 fully saturated rings. The second kappa shape index (κ2) is 9.35. The lowest BCUT2D eigenvalue weighted by Crippen LogP contribution is -2.30. The number of carbonyl (C=O) groups is 1. The Bertz CT molecular complexity index is 910. The predicted molar refractivity (Wildman–Crippen MR) is 119 cm³/mol. The number of para-hydroxylation sites is 1. The van der Waals surface area contributed by atoms with Gasteiger partial charge in [0.2, 0.25) is 5.91 Å². The number of benzene rings is 2. The summed E-state index contributed by atoms with van der Waals surface area (Å²) in [5, 5.41) is 3.01. The van der Waals surface area contributed by atoms with Crippen LogP contribution in [0.25, 0.3) is 0 Å². The molecule has 5 heteroatoms. The van der Waals surface area contributed by atoms with Gasteiger partial charge >= 0.3 is 0 Å². The van der Waals surface area contributed by atoms with Gasteiger partial charge in [0.25, 0.3) is 0 Å². The summed E-state index contributed by atoms with van der Waals surface area (Å²) in [6.07, 6.45) is 7.53. The number of rotatable bonds is 5. The monoisotopic (exact) mass is 406 g/mol. The molecule has 1 unspecified atom stereocenters. The van der Waals surface area contributed by atoms with Gasteiger partial charge in [0.05, 0.1) is 13.0 Å². The molecule has 0 aromatic heterocycles. The SMILES string of the molecule is COc1ccc2c(c1OC1CC=C[C@H](C(=O)Nc3ccccc3)C1)CCCN(C)C2. The smallest absolute Gasteiger partial charge is 0.231 e. The van der Waals surface area contributed by atoms with Gasteiger partial charge in [-0.1, -0.05) is 36.4 Å². The number of hydrogen-bond donors (Lipinski definition) is 1. The molecule has 2 aromatic carbocycles. The van der Waals surface area contributed by atoms with Crippen LogP contribution in [0, 0.1) is 5.92 Å². The highest BCUT2D eigenvalue weighted by molar-refractivity contribution is 5.93. The van der Waals surface area contributed by atoms with E-state index in [1.165, 1.54) is 11.1 Å². The van der Waals surface area contributed by atoms with Crippen molar-refractivity contribution in [3.05, 3.63) is 65.7 Å². The Labute approximate surface area is 178 Å². The average Bonchev–Trinajstić information content (AvgIpc) is 2.96. The fourth-order valence-electron chi connectivity index (χ4n) is 4.32. The standard InChI is InChI=1S/C25H30N2O3/c1-27-15-7-12-22-19(17-27)13-14-23(29-2)24(22)30-21-11-6-8-18(16-21)25(28)26-20-9-4-3-5-10-20/h3-6,8-10,13-14,18,21H,7,11-12,15-17H2,1-2H3,(H,26,28)/t18-,21?/m0/s1. The van der Waals surface area contributed by atoms with Gasteiger partial charge in [-0.25, -0.2) is 0 Å². The minimum atomic E-state index is -0.205. The van der Waals surface area contributed by atoms with Crippen LogP contribution < -0.4 is 14.8 Å². The van der Waals surface area contributed by atoms with Crippen molar-refractivity contribution in [2.45, 2.75) is 38.3 Å². The van der Waals surface area contributed by atoms with Gasteiger partial charge in [-0.2, -0.15) is 0 Å². The Balaban J connectivity index is 1.50. The van der Waals surface area contributed by atoms with E-state index < -0.39 is 0 Å². The number of carbonyl (C=O) groups excluding carboxylic acids is 1. The Hall–Kier alpha value is -2.79. The second-order valence-corrected chi connectivity index (χ2v) is 8.18. The second-order valence-electron chi connectivity index (χ2n) is 8.18. The molecule has 1 N–H and O–H groups in total. The zero-order valence-corrected chi connectivity index (χ0v) is 17.8. The molecule has 2 aromatic rings. The van der Waals surface area contributed by atoms with E-state index in [4.69, 9.17) is 9.47 Å². The molecule has 5 nitrogen and oxygen atoms in total. The van der Waals surface area contributed by atoms with Gasteiger partial charge in [0.15, 0.2) is 11.5 Å². The molecule has 1 aliphatic carbocycles. The van der Waals surface area contributed by atoms with Gasteiger partial charge in [0, 0.05) is 24.2 Å². The minimum Gasteiger partial charge on any atom is -0.493 e. The first-order chi connectivity index (χ1) is 14.6. The van der Waals surface area contributed by atoms with Crippen LogP contribution in [0.1, 0.15) is 30.4 Å². The molecule has 1 amide bonds. The maximum Gasteiger partial charge on any atom is 0.231 e. The molecular formula is C25H30N2O3. The molecular weight excluding hydrogens is 376 g/mol. The quantitative estimate of drug-likeness (QED) is 0.747. The van der Waals surface area contributed by atoms with Crippen molar-refractivity contribution in [1.82, 2.24) is 4.90 Å². The molecule has 0 radical (unpaired) electrons. The van der Waals surface area contributed by atoms with Crippen molar-refractivity contribution in [3.63, 3.8) is 0 Å². The first kappa shape index (κ1) is 20.5. The topological polar surface area (TPSA) is 50.8 Å². The third kappa shape index (κ3) is 4.68. The summed E-state index contributed by atoms with van der Waals surface area (Å²) in [4.78, 5) is 15.1. The van der Waals surface area contributed by atoms with Crippen LogP contribution in [0.15, 0.2) is 54.6 Å². The van der Waals surface area contributed by atoms with E-state index in [2.05, 4.69) is 29.4 Å². The maximum absolute atomic E-state index is 12.8. The number of ether oxygens (including phenoxy) is 2. The van der Waals surface area contributed by atoms with E-state index in [0.717, 1.165) is 49.5 Å². The molecule has 1 heterocycles. The fraction of sp³-hybridized carbons (Fsp3) is 0.400. The Kier molecular flexibility index (Phi) is 6.38. The zero-order chi connectivity index (χ0) is 20.9. The van der Waals surface area contributed by atoms with Gasteiger partial charge in [-0.3, -0.25) is 4.79 Å². The zero-order valence-electron chi connectivity index (χ0n) is 17.8. The van der Waals surface area contributed by atoms with E-state index in [0.29, 0.717) is 6.42 Å². The molecule has 4 rings (SSSR count). The van der Waals surface area contributed by atoms with Crippen molar-refractivity contribution in [2.24, 2.45) is 5.92 Å². The molecule has 0 bridgehead atoms. The van der Waals surface area contributed by atoms with Crippen LogP contribution in [0.3, 0.4) is 0 Å². The van der Waals surface area contributed by atoms with E-state index in [-0.39, 0.29) is 17.9 Å². The average molecular weight is 407 g/mol. The normalized spacial score (nSPS) is 21.4. The van der Waals surface area contributed by atoms with Gasteiger partial charge in [-0.05, 0) is 56.6 Å². The van der Waals surface area contributed by atoms with E-state index >= 15 is 0 Å². The number of nitrogens with zero attached hydrogens (tertiary/aromatic N) is 1. The lowest BCUT2D eigenvalue weighted by Gasteiger charge is -2.27. The first-order valence-corrected chi connectivity index (χ1v) is 10.7. The summed E-state index contributed by atoms with van der Waals surface area (Å²) < 4.78 is 12.2.